The van der Waals surface area contributed by atoms with E-state index in [0.717, 1.165) is 49.1 Å². The molecule has 6 nitrogen and oxygen atoms in total. The van der Waals surface area contributed by atoms with Gasteiger partial charge in [-0.2, -0.15) is 0 Å². The molecule has 1 N–H and O–H groups in total. The van der Waals surface area contributed by atoms with E-state index in [4.69, 9.17) is 4.74 Å². The van der Waals surface area contributed by atoms with Gasteiger partial charge in [0.2, 0.25) is 0 Å². The highest BCUT2D eigenvalue weighted by Gasteiger charge is 2.01. The number of benzene rings is 1. The van der Waals surface area contributed by atoms with Crippen LogP contribution in [0.25, 0.3) is 10.9 Å². The second-order valence-electron chi connectivity index (χ2n) is 6.06. The Morgan fingerprint density at radius 1 is 1.16 bits per heavy atom. The van der Waals surface area contributed by atoms with E-state index in [2.05, 4.69) is 14.9 Å². The Morgan fingerprint density at radius 2 is 2.04 bits per heavy atom. The molecular weight excluding hydrogens is 316 g/mol. The maximum Gasteiger partial charge on any atom is 0.250 e. The molecule has 0 radical (unpaired) electrons. The van der Waals surface area contributed by atoms with Crippen LogP contribution in [0.5, 0.6) is 5.75 Å². The van der Waals surface area contributed by atoms with E-state index in [1.54, 1.807) is 23.9 Å². The molecule has 0 saturated heterocycles. The summed E-state index contributed by atoms with van der Waals surface area (Å²) >= 11 is 0. The van der Waals surface area contributed by atoms with Gasteiger partial charge in [0.15, 0.2) is 0 Å². The summed E-state index contributed by atoms with van der Waals surface area (Å²) in [6.45, 7) is 3.59. The van der Waals surface area contributed by atoms with Crippen molar-refractivity contribution in [3.63, 3.8) is 0 Å². The van der Waals surface area contributed by atoms with E-state index >= 15 is 0 Å². The molecule has 0 bridgehead atoms. The molecule has 132 valence electrons. The Bertz CT molecular complexity index is 855. The molecule has 0 atom stereocenters. The van der Waals surface area contributed by atoms with Crippen molar-refractivity contribution in [3.05, 3.63) is 59.4 Å². The Labute approximate surface area is 147 Å². The number of ether oxygens (including phenoxy) is 1. The number of nitrogens with zero attached hydrogens (tertiary/aromatic N) is 3. The lowest BCUT2D eigenvalue weighted by atomic mass is 10.2. The number of aromatic nitrogens is 3. The minimum absolute atomic E-state index is 0.000260. The monoisotopic (exact) mass is 340 g/mol. The van der Waals surface area contributed by atoms with Gasteiger partial charge < -0.3 is 19.2 Å². The Balaban J connectivity index is 1.35. The molecule has 0 saturated carbocycles. The van der Waals surface area contributed by atoms with E-state index in [9.17, 15) is 4.79 Å². The SMILES string of the molecule is Cn1c(=O)ccc2cc(OCCCNCCCn3ccnc3)ccc21. The van der Waals surface area contributed by atoms with Crippen LogP contribution in [0.15, 0.2) is 53.8 Å². The van der Waals surface area contributed by atoms with Crippen molar-refractivity contribution in [3.8, 4) is 5.75 Å². The third kappa shape index (κ3) is 4.70. The van der Waals surface area contributed by atoms with Gasteiger partial charge in [-0.05, 0) is 50.2 Å². The van der Waals surface area contributed by atoms with Gasteiger partial charge in [0, 0.05) is 37.4 Å². The van der Waals surface area contributed by atoms with E-state index in [1.807, 2.05) is 36.8 Å². The molecule has 6 heteroatoms. The number of nitrogens with one attached hydrogen (secondary N) is 1. The molecule has 1 aromatic carbocycles. The number of imidazole rings is 1. The molecule has 0 aliphatic carbocycles. The zero-order valence-corrected chi connectivity index (χ0v) is 14.5. The van der Waals surface area contributed by atoms with Gasteiger partial charge in [-0.1, -0.05) is 0 Å². The first kappa shape index (κ1) is 17.2. The van der Waals surface area contributed by atoms with E-state index in [-0.39, 0.29) is 5.56 Å². The summed E-state index contributed by atoms with van der Waals surface area (Å²) in [6.07, 6.45) is 7.67. The highest BCUT2D eigenvalue weighted by Crippen LogP contribution is 2.19. The number of aryl methyl sites for hydroxylation is 2. The van der Waals surface area contributed by atoms with E-state index in [1.165, 1.54) is 0 Å². The molecule has 3 aromatic rings. The first-order valence-corrected chi connectivity index (χ1v) is 8.63. The van der Waals surface area contributed by atoms with E-state index in [0.29, 0.717) is 6.61 Å². The molecule has 0 spiro atoms. The molecule has 0 unspecified atom stereocenters. The van der Waals surface area contributed by atoms with Crippen molar-refractivity contribution in [2.75, 3.05) is 19.7 Å². The molecule has 0 aliphatic heterocycles. The third-order valence-corrected chi connectivity index (χ3v) is 4.19. The molecule has 2 aromatic heterocycles. The minimum Gasteiger partial charge on any atom is -0.494 e. The van der Waals surface area contributed by atoms with Gasteiger partial charge in [-0.25, -0.2) is 4.98 Å². The smallest absolute Gasteiger partial charge is 0.250 e. The lowest BCUT2D eigenvalue weighted by Gasteiger charge is -2.09. The Hall–Kier alpha value is -2.60. The summed E-state index contributed by atoms with van der Waals surface area (Å²) in [7, 11) is 1.78. The van der Waals surface area contributed by atoms with Crippen LogP contribution in [0.3, 0.4) is 0 Å². The topological polar surface area (TPSA) is 61.1 Å². The lowest BCUT2D eigenvalue weighted by molar-refractivity contribution is 0.308. The Kier molecular flexibility index (Phi) is 5.85. The van der Waals surface area contributed by atoms with Gasteiger partial charge in [0.05, 0.1) is 18.5 Å². The quantitative estimate of drug-likeness (QED) is 0.607. The van der Waals surface area contributed by atoms with Gasteiger partial charge in [-0.15, -0.1) is 0 Å². The van der Waals surface area contributed by atoms with Crippen LogP contribution in [-0.4, -0.2) is 33.8 Å². The zero-order chi connectivity index (χ0) is 17.5. The normalized spacial score (nSPS) is 11.1. The first-order valence-electron chi connectivity index (χ1n) is 8.63. The standard InChI is InChI=1S/C19H24N4O2/c1-22-18-6-5-17(14-16(18)4-7-19(22)24)25-13-3-9-20-8-2-11-23-12-10-21-15-23/h4-7,10,12,14-15,20H,2-3,8-9,11,13H2,1H3. The summed E-state index contributed by atoms with van der Waals surface area (Å²) in [5.41, 5.74) is 0.916. The lowest BCUT2D eigenvalue weighted by Crippen LogP contribution is -2.19. The van der Waals surface area contributed by atoms with Gasteiger partial charge in [0.1, 0.15) is 5.75 Å². The summed E-state index contributed by atoms with van der Waals surface area (Å²) < 4.78 is 9.54. The molecular formula is C19H24N4O2. The van der Waals surface area contributed by atoms with Gasteiger partial charge in [-0.3, -0.25) is 4.79 Å². The van der Waals surface area contributed by atoms with Crippen molar-refractivity contribution >= 4 is 10.9 Å². The van der Waals surface area contributed by atoms with Crippen LogP contribution in [-0.2, 0) is 13.6 Å². The number of fused-ring (bicyclic) bond motifs is 1. The van der Waals surface area contributed by atoms with Crippen molar-refractivity contribution in [2.45, 2.75) is 19.4 Å². The maximum atomic E-state index is 11.6. The molecule has 25 heavy (non-hydrogen) atoms. The first-order chi connectivity index (χ1) is 12.2. The summed E-state index contributed by atoms with van der Waals surface area (Å²) in [6, 6.07) is 9.25. The summed E-state index contributed by atoms with van der Waals surface area (Å²) in [5, 5.41) is 4.44. The van der Waals surface area contributed by atoms with Crippen LogP contribution in [0.4, 0.5) is 0 Å². The fourth-order valence-electron chi connectivity index (χ4n) is 2.77. The highest BCUT2D eigenvalue weighted by molar-refractivity contribution is 5.80. The summed E-state index contributed by atoms with van der Waals surface area (Å²) in [5.74, 6) is 0.839. The average Bonchev–Trinajstić information content (AvgIpc) is 3.14. The number of hydrogen-bond acceptors (Lipinski definition) is 4. The summed E-state index contributed by atoms with van der Waals surface area (Å²) in [4.78, 5) is 15.7. The molecule has 0 amide bonds. The largest absolute Gasteiger partial charge is 0.494 e. The van der Waals surface area contributed by atoms with Gasteiger partial charge in [0.25, 0.3) is 5.56 Å². The van der Waals surface area contributed by atoms with Crippen LogP contribution in [0.2, 0.25) is 0 Å². The number of hydrogen-bond donors (Lipinski definition) is 1. The van der Waals surface area contributed by atoms with Crippen LogP contribution >= 0.6 is 0 Å². The number of rotatable bonds is 9. The predicted octanol–water partition coefficient (Wildman–Crippen LogP) is 2.18. The van der Waals surface area contributed by atoms with Gasteiger partial charge >= 0.3 is 0 Å². The van der Waals surface area contributed by atoms with Crippen LogP contribution < -0.4 is 15.6 Å². The van der Waals surface area contributed by atoms with Crippen LogP contribution in [0, 0.1) is 0 Å². The molecule has 2 heterocycles. The highest BCUT2D eigenvalue weighted by atomic mass is 16.5. The van der Waals surface area contributed by atoms with Crippen LogP contribution in [0.1, 0.15) is 12.8 Å². The van der Waals surface area contributed by atoms with E-state index < -0.39 is 0 Å². The average molecular weight is 340 g/mol. The van der Waals surface area contributed by atoms with Crippen molar-refractivity contribution in [1.29, 1.82) is 0 Å². The fourth-order valence-corrected chi connectivity index (χ4v) is 2.77. The minimum atomic E-state index is 0.000260. The molecule has 0 aliphatic rings. The second kappa shape index (κ2) is 8.48. The molecule has 3 rings (SSSR count). The Morgan fingerprint density at radius 3 is 2.88 bits per heavy atom. The van der Waals surface area contributed by atoms with Crippen molar-refractivity contribution < 1.29 is 4.74 Å². The fraction of sp³-hybridized carbons (Fsp3) is 0.368. The third-order valence-electron chi connectivity index (χ3n) is 4.19. The predicted molar refractivity (Wildman–Crippen MR) is 99.0 cm³/mol. The van der Waals surface area contributed by atoms with Crippen molar-refractivity contribution in [2.24, 2.45) is 7.05 Å². The molecule has 0 fully saturated rings. The van der Waals surface area contributed by atoms with Crippen molar-refractivity contribution in [1.82, 2.24) is 19.4 Å². The zero-order valence-electron chi connectivity index (χ0n) is 14.5. The second-order valence-corrected chi connectivity index (χ2v) is 6.06. The number of pyridine rings is 1. The maximum absolute atomic E-state index is 11.6.